The number of hydrogen-bond acceptors (Lipinski definition) is 3. The fourth-order valence-electron chi connectivity index (χ4n) is 2.59. The molecule has 0 aliphatic carbocycles. The summed E-state index contributed by atoms with van der Waals surface area (Å²) in [6, 6.07) is 3.75. The van der Waals surface area contributed by atoms with Crippen LogP contribution in [0.3, 0.4) is 0 Å². The Morgan fingerprint density at radius 3 is 2.70 bits per heavy atom. The van der Waals surface area contributed by atoms with Gasteiger partial charge in [-0.1, -0.05) is 19.9 Å². The third-order valence-corrected chi connectivity index (χ3v) is 5.94. The van der Waals surface area contributed by atoms with Gasteiger partial charge < -0.3 is 5.73 Å². The van der Waals surface area contributed by atoms with E-state index in [0.717, 1.165) is 12.5 Å². The van der Waals surface area contributed by atoms with Crippen LogP contribution in [0.5, 0.6) is 0 Å². The standard InChI is InChI=1S/C14H21FN2O2S/c1-10(2)12-5-6-17(9-12)20(18,19)14-7-13(15)4-3-11(14)8-16/h3-4,7,10,12H,5-6,8-9,16H2,1-2H3. The number of sulfonamides is 1. The molecule has 1 heterocycles. The van der Waals surface area contributed by atoms with Crippen molar-refractivity contribution in [2.24, 2.45) is 17.6 Å². The Kier molecular flexibility index (Phi) is 4.46. The van der Waals surface area contributed by atoms with E-state index in [9.17, 15) is 12.8 Å². The quantitative estimate of drug-likeness (QED) is 0.924. The predicted molar refractivity (Wildman–Crippen MR) is 76.0 cm³/mol. The average Bonchev–Trinajstić information content (AvgIpc) is 2.89. The Hall–Kier alpha value is -0.980. The number of rotatable bonds is 4. The van der Waals surface area contributed by atoms with Gasteiger partial charge in [0.2, 0.25) is 10.0 Å². The maximum absolute atomic E-state index is 13.4. The van der Waals surface area contributed by atoms with E-state index in [4.69, 9.17) is 5.73 Å². The van der Waals surface area contributed by atoms with Crippen LogP contribution in [0.15, 0.2) is 23.1 Å². The summed E-state index contributed by atoms with van der Waals surface area (Å²) in [4.78, 5) is 0.00408. The second-order valence-corrected chi connectivity index (χ2v) is 7.52. The molecule has 6 heteroatoms. The first-order chi connectivity index (χ1) is 9.36. The van der Waals surface area contributed by atoms with Crippen molar-refractivity contribution in [3.8, 4) is 0 Å². The molecule has 2 rings (SSSR count). The molecule has 1 aliphatic heterocycles. The number of nitrogens with two attached hydrogens (primary N) is 1. The summed E-state index contributed by atoms with van der Waals surface area (Å²) in [7, 11) is -3.66. The van der Waals surface area contributed by atoms with E-state index in [1.54, 1.807) is 0 Å². The minimum Gasteiger partial charge on any atom is -0.326 e. The van der Waals surface area contributed by atoms with E-state index < -0.39 is 15.8 Å². The molecular formula is C14H21FN2O2S. The summed E-state index contributed by atoms with van der Waals surface area (Å²) in [6.07, 6.45) is 0.851. The van der Waals surface area contributed by atoms with Gasteiger partial charge in [0.15, 0.2) is 0 Å². The summed E-state index contributed by atoms with van der Waals surface area (Å²) < 4.78 is 40.1. The lowest BCUT2D eigenvalue weighted by Gasteiger charge is -2.19. The van der Waals surface area contributed by atoms with Crippen molar-refractivity contribution in [3.05, 3.63) is 29.6 Å². The van der Waals surface area contributed by atoms with Crippen molar-refractivity contribution in [3.63, 3.8) is 0 Å². The van der Waals surface area contributed by atoms with Crippen LogP contribution >= 0.6 is 0 Å². The molecule has 0 amide bonds. The molecule has 0 radical (unpaired) electrons. The van der Waals surface area contributed by atoms with Gasteiger partial charge in [-0.15, -0.1) is 0 Å². The zero-order valence-corrected chi connectivity index (χ0v) is 12.7. The molecule has 4 nitrogen and oxygen atoms in total. The first kappa shape index (κ1) is 15.4. The van der Waals surface area contributed by atoms with Crippen molar-refractivity contribution in [1.82, 2.24) is 4.31 Å². The van der Waals surface area contributed by atoms with Gasteiger partial charge in [0.25, 0.3) is 0 Å². The van der Waals surface area contributed by atoms with Gasteiger partial charge in [-0.25, -0.2) is 12.8 Å². The van der Waals surface area contributed by atoms with Crippen molar-refractivity contribution in [2.75, 3.05) is 13.1 Å². The highest BCUT2D eigenvalue weighted by molar-refractivity contribution is 7.89. The monoisotopic (exact) mass is 300 g/mol. The van der Waals surface area contributed by atoms with E-state index in [1.807, 2.05) is 0 Å². The Balaban J connectivity index is 2.34. The van der Waals surface area contributed by atoms with Crippen molar-refractivity contribution >= 4 is 10.0 Å². The second-order valence-electron chi connectivity index (χ2n) is 5.61. The van der Waals surface area contributed by atoms with Crippen molar-refractivity contribution < 1.29 is 12.8 Å². The van der Waals surface area contributed by atoms with Crippen LogP contribution in [0.2, 0.25) is 0 Å². The lowest BCUT2D eigenvalue weighted by Crippen LogP contribution is -2.30. The number of halogens is 1. The second kappa shape index (κ2) is 5.79. The molecule has 0 bridgehead atoms. The number of hydrogen-bond donors (Lipinski definition) is 1. The smallest absolute Gasteiger partial charge is 0.243 e. The van der Waals surface area contributed by atoms with Crippen LogP contribution in [0.25, 0.3) is 0 Å². The van der Waals surface area contributed by atoms with Crippen LogP contribution < -0.4 is 5.73 Å². The minimum absolute atomic E-state index is 0.00408. The first-order valence-corrected chi connectivity index (χ1v) is 8.29. The maximum Gasteiger partial charge on any atom is 0.243 e. The minimum atomic E-state index is -3.66. The third kappa shape index (κ3) is 2.87. The highest BCUT2D eigenvalue weighted by Crippen LogP contribution is 2.30. The zero-order valence-electron chi connectivity index (χ0n) is 11.8. The molecule has 1 aromatic carbocycles. The summed E-state index contributed by atoms with van der Waals surface area (Å²) in [6.45, 7) is 5.26. The van der Waals surface area contributed by atoms with Gasteiger partial charge in [-0.2, -0.15) is 4.31 Å². The highest BCUT2D eigenvalue weighted by Gasteiger charge is 2.34. The Morgan fingerprint density at radius 2 is 2.15 bits per heavy atom. The SMILES string of the molecule is CC(C)C1CCN(S(=O)(=O)c2cc(F)ccc2CN)C1. The van der Waals surface area contributed by atoms with E-state index in [-0.39, 0.29) is 11.4 Å². The largest absolute Gasteiger partial charge is 0.326 e. The molecule has 0 spiro atoms. The molecule has 1 atom stereocenters. The average molecular weight is 300 g/mol. The number of nitrogens with zero attached hydrogens (tertiary/aromatic N) is 1. The Labute approximate surface area is 119 Å². The van der Waals surface area contributed by atoms with Crippen LogP contribution in [-0.4, -0.2) is 25.8 Å². The van der Waals surface area contributed by atoms with Gasteiger partial charge in [0.05, 0.1) is 4.90 Å². The van der Waals surface area contributed by atoms with Crippen LogP contribution in [-0.2, 0) is 16.6 Å². The molecule has 1 unspecified atom stereocenters. The van der Waals surface area contributed by atoms with Gasteiger partial charge in [-0.3, -0.25) is 0 Å². The Bertz CT molecular complexity index is 587. The fraction of sp³-hybridized carbons (Fsp3) is 0.571. The topological polar surface area (TPSA) is 63.4 Å². The molecular weight excluding hydrogens is 279 g/mol. The van der Waals surface area contributed by atoms with Crippen molar-refractivity contribution in [2.45, 2.75) is 31.7 Å². The Morgan fingerprint density at radius 1 is 1.45 bits per heavy atom. The summed E-state index contributed by atoms with van der Waals surface area (Å²) in [5.41, 5.74) is 6.02. The lowest BCUT2D eigenvalue weighted by atomic mass is 9.96. The van der Waals surface area contributed by atoms with E-state index in [0.29, 0.717) is 30.5 Å². The number of benzene rings is 1. The van der Waals surface area contributed by atoms with E-state index >= 15 is 0 Å². The normalized spacial score (nSPS) is 20.8. The molecule has 20 heavy (non-hydrogen) atoms. The first-order valence-electron chi connectivity index (χ1n) is 6.85. The van der Waals surface area contributed by atoms with Crippen LogP contribution in [0, 0.1) is 17.7 Å². The maximum atomic E-state index is 13.4. The van der Waals surface area contributed by atoms with Crippen LogP contribution in [0.4, 0.5) is 4.39 Å². The molecule has 1 saturated heterocycles. The fourth-order valence-corrected chi connectivity index (χ4v) is 4.35. The van der Waals surface area contributed by atoms with Gasteiger partial charge in [0.1, 0.15) is 5.82 Å². The zero-order chi connectivity index (χ0) is 14.9. The van der Waals surface area contributed by atoms with Crippen molar-refractivity contribution in [1.29, 1.82) is 0 Å². The predicted octanol–water partition coefficient (Wildman–Crippen LogP) is 1.95. The molecule has 0 saturated carbocycles. The summed E-state index contributed by atoms with van der Waals surface area (Å²) in [5.74, 6) is 0.247. The molecule has 112 valence electrons. The molecule has 1 aliphatic rings. The van der Waals surface area contributed by atoms with Gasteiger partial charge in [-0.05, 0) is 36.0 Å². The molecule has 0 aromatic heterocycles. The highest BCUT2D eigenvalue weighted by atomic mass is 32.2. The van der Waals surface area contributed by atoms with Gasteiger partial charge >= 0.3 is 0 Å². The molecule has 1 fully saturated rings. The molecule has 1 aromatic rings. The molecule has 2 N–H and O–H groups in total. The summed E-state index contributed by atoms with van der Waals surface area (Å²) in [5, 5.41) is 0. The van der Waals surface area contributed by atoms with E-state index in [2.05, 4.69) is 13.8 Å². The third-order valence-electron chi connectivity index (χ3n) is 4.00. The lowest BCUT2D eigenvalue weighted by molar-refractivity contribution is 0.388. The van der Waals surface area contributed by atoms with Gasteiger partial charge in [0, 0.05) is 19.6 Å². The summed E-state index contributed by atoms with van der Waals surface area (Å²) >= 11 is 0. The van der Waals surface area contributed by atoms with E-state index in [1.165, 1.54) is 16.4 Å². The van der Waals surface area contributed by atoms with Crippen LogP contribution in [0.1, 0.15) is 25.8 Å².